The Balaban J connectivity index is 0.000000174. The number of piperidine rings is 1. The predicted molar refractivity (Wildman–Crippen MR) is 166 cm³/mol. The van der Waals surface area contributed by atoms with Gasteiger partial charge in [-0.1, -0.05) is 19.3 Å². The van der Waals surface area contributed by atoms with Crippen molar-refractivity contribution in [2.24, 2.45) is 0 Å². The highest BCUT2D eigenvalue weighted by Gasteiger charge is 2.29. The molecule has 0 radical (unpaired) electrons. The molecule has 4 N–H and O–H groups in total. The third kappa shape index (κ3) is 6.77. The fourth-order valence-corrected chi connectivity index (χ4v) is 6.18. The van der Waals surface area contributed by atoms with Crippen molar-refractivity contribution in [3.63, 3.8) is 0 Å². The van der Waals surface area contributed by atoms with Gasteiger partial charge in [-0.3, -0.25) is 0 Å². The van der Waals surface area contributed by atoms with Crippen LogP contribution in [0.3, 0.4) is 0 Å². The average Bonchev–Trinajstić information content (AvgIpc) is 3.51. The van der Waals surface area contributed by atoms with Gasteiger partial charge < -0.3 is 21.1 Å². The summed E-state index contributed by atoms with van der Waals surface area (Å²) in [5.74, 6) is 1.91. The van der Waals surface area contributed by atoms with Crippen molar-refractivity contribution in [3.8, 4) is 0 Å². The minimum absolute atomic E-state index is 0.139. The van der Waals surface area contributed by atoms with Crippen LogP contribution in [0.1, 0.15) is 88.9 Å². The summed E-state index contributed by atoms with van der Waals surface area (Å²) in [6, 6.07) is 3.82. The second-order valence-electron chi connectivity index (χ2n) is 11.8. The number of hydrogen-bond donors (Lipinski definition) is 2. The van der Waals surface area contributed by atoms with E-state index in [1.807, 2.05) is 32.9 Å². The number of likely N-dealkylation sites (tertiary alicyclic amines) is 1. The zero-order chi connectivity index (χ0) is 29.3. The molecule has 1 aliphatic carbocycles. The van der Waals surface area contributed by atoms with E-state index in [4.69, 9.17) is 21.2 Å². The number of halogens is 2. The summed E-state index contributed by atoms with van der Waals surface area (Å²) < 4.78 is 10.5. The van der Waals surface area contributed by atoms with Gasteiger partial charge in [-0.05, 0) is 78.3 Å². The number of carbonyl (C=O) groups is 1. The summed E-state index contributed by atoms with van der Waals surface area (Å²) in [4.78, 5) is 23.5. The lowest BCUT2D eigenvalue weighted by Gasteiger charge is -2.34. The first-order valence-electron chi connectivity index (χ1n) is 14.1. The number of nitrogens with zero attached hydrogens (tertiary/aromatic N) is 7. The first kappa shape index (κ1) is 29.6. The van der Waals surface area contributed by atoms with Crippen LogP contribution in [0.2, 0.25) is 0 Å². The number of carbonyl (C=O) groups excluding carboxylic acids is 1. The van der Waals surface area contributed by atoms with E-state index in [2.05, 4.69) is 47.0 Å². The maximum absolute atomic E-state index is 12.3. The molecule has 4 aromatic rings. The van der Waals surface area contributed by atoms with Crippen LogP contribution < -0.4 is 11.5 Å². The van der Waals surface area contributed by atoms with Gasteiger partial charge in [0.1, 0.15) is 17.2 Å². The fourth-order valence-electron chi connectivity index (χ4n) is 5.49. The van der Waals surface area contributed by atoms with E-state index in [9.17, 15) is 4.79 Å². The molecule has 6 rings (SSSR count). The molecule has 1 saturated carbocycles. The molecule has 220 valence electrons. The Morgan fingerprint density at radius 3 is 1.90 bits per heavy atom. The van der Waals surface area contributed by atoms with Crippen molar-refractivity contribution in [1.82, 2.24) is 34.1 Å². The third-order valence-electron chi connectivity index (χ3n) is 7.47. The number of ether oxygens (including phenoxy) is 1. The lowest BCUT2D eigenvalue weighted by molar-refractivity contribution is 0.0197. The lowest BCUT2D eigenvalue weighted by Crippen LogP contribution is -2.42. The Kier molecular flexibility index (Phi) is 8.74. The fraction of sp³-hybridized carbons (Fsp3) is 0.536. The van der Waals surface area contributed by atoms with E-state index >= 15 is 0 Å². The molecule has 5 heterocycles. The number of hydrogen-bond acceptors (Lipinski definition) is 8. The second-order valence-corrected chi connectivity index (χ2v) is 13.5. The largest absolute Gasteiger partial charge is 0.444 e. The molecular formula is C28H37Br2N9O2. The van der Waals surface area contributed by atoms with Gasteiger partial charge in [0.25, 0.3) is 0 Å². The number of amides is 1. The monoisotopic (exact) mass is 689 g/mol. The average molecular weight is 691 g/mol. The minimum Gasteiger partial charge on any atom is -0.444 e. The Morgan fingerprint density at radius 1 is 0.854 bits per heavy atom. The van der Waals surface area contributed by atoms with E-state index in [0.29, 0.717) is 36.3 Å². The van der Waals surface area contributed by atoms with Gasteiger partial charge in [0.2, 0.25) is 0 Å². The Hall–Kier alpha value is -2.93. The van der Waals surface area contributed by atoms with Gasteiger partial charge in [-0.2, -0.15) is 19.2 Å². The van der Waals surface area contributed by atoms with Gasteiger partial charge in [-0.25, -0.2) is 14.8 Å². The van der Waals surface area contributed by atoms with E-state index in [-0.39, 0.29) is 12.0 Å². The molecule has 1 saturated heterocycles. The van der Waals surface area contributed by atoms with Crippen molar-refractivity contribution in [3.05, 3.63) is 44.9 Å². The molecule has 2 fully saturated rings. The summed E-state index contributed by atoms with van der Waals surface area (Å²) in [7, 11) is 0. The quantitative estimate of drug-likeness (QED) is 0.249. The SMILES string of the molecule is CC(C)(C)OC(=O)N1CCCC(c2cc(N)n3ncc(Br)c3n2)C1.Nc1cc(C2CCCCC2)nc2c(Br)cnn12. The topological polar surface area (TPSA) is 142 Å². The smallest absolute Gasteiger partial charge is 0.410 e. The zero-order valence-electron chi connectivity index (χ0n) is 23.7. The van der Waals surface area contributed by atoms with Crippen LogP contribution in [-0.2, 0) is 4.74 Å². The van der Waals surface area contributed by atoms with Crippen LogP contribution in [0.25, 0.3) is 11.3 Å². The predicted octanol–water partition coefficient (Wildman–Crippen LogP) is 6.31. The first-order chi connectivity index (χ1) is 19.5. The number of rotatable bonds is 2. The first-order valence-corrected chi connectivity index (χ1v) is 15.7. The van der Waals surface area contributed by atoms with Gasteiger partial charge >= 0.3 is 6.09 Å². The number of nitrogen functional groups attached to an aromatic ring is 2. The summed E-state index contributed by atoms with van der Waals surface area (Å²) >= 11 is 6.90. The molecule has 11 nitrogen and oxygen atoms in total. The van der Waals surface area contributed by atoms with Crippen LogP contribution in [0.5, 0.6) is 0 Å². The standard InChI is InChI=1S/C16H22BrN5O2.C12H15BrN4/c1-16(2,3)24-15(23)21-6-4-5-10(9-21)12-7-13(18)22-14(20-12)11(17)8-19-22;13-9-7-15-17-11(14)6-10(16-12(9)17)8-4-2-1-3-5-8/h7-8,10H,4-6,9,18H2,1-3H3;6-8H,1-5,14H2. The number of aromatic nitrogens is 6. The molecular weight excluding hydrogens is 654 g/mol. The second kappa shape index (κ2) is 12.1. The van der Waals surface area contributed by atoms with Gasteiger partial charge in [0.15, 0.2) is 11.3 Å². The summed E-state index contributed by atoms with van der Waals surface area (Å²) in [6.45, 7) is 6.92. The highest BCUT2D eigenvalue weighted by Crippen LogP contribution is 2.33. The Bertz CT molecular complexity index is 1540. The molecule has 1 atom stereocenters. The normalized spacial score (nSPS) is 18.4. The van der Waals surface area contributed by atoms with Crippen molar-refractivity contribution >= 4 is 60.9 Å². The third-order valence-corrected chi connectivity index (χ3v) is 8.59. The molecule has 2 aliphatic rings. The van der Waals surface area contributed by atoms with Crippen LogP contribution in [-0.4, -0.2) is 58.9 Å². The summed E-state index contributed by atoms with van der Waals surface area (Å²) in [5, 5.41) is 8.37. The van der Waals surface area contributed by atoms with Gasteiger partial charge in [0, 0.05) is 42.8 Å². The Morgan fingerprint density at radius 2 is 1.37 bits per heavy atom. The van der Waals surface area contributed by atoms with Crippen LogP contribution in [0.4, 0.5) is 16.4 Å². The molecule has 4 aromatic heterocycles. The van der Waals surface area contributed by atoms with E-state index in [1.165, 1.54) is 32.1 Å². The molecule has 1 aliphatic heterocycles. The van der Waals surface area contributed by atoms with Crippen LogP contribution in [0.15, 0.2) is 33.5 Å². The van der Waals surface area contributed by atoms with E-state index < -0.39 is 5.60 Å². The molecule has 0 spiro atoms. The van der Waals surface area contributed by atoms with Crippen LogP contribution >= 0.6 is 31.9 Å². The summed E-state index contributed by atoms with van der Waals surface area (Å²) in [6.07, 6.45) is 11.4. The molecule has 1 unspecified atom stereocenters. The van der Waals surface area contributed by atoms with Gasteiger partial charge in [-0.15, -0.1) is 0 Å². The van der Waals surface area contributed by atoms with E-state index in [1.54, 1.807) is 26.3 Å². The highest BCUT2D eigenvalue weighted by atomic mass is 79.9. The number of fused-ring (bicyclic) bond motifs is 2. The molecule has 1 amide bonds. The maximum Gasteiger partial charge on any atom is 0.410 e. The Labute approximate surface area is 256 Å². The van der Waals surface area contributed by atoms with Crippen molar-refractivity contribution in [2.45, 2.75) is 83.2 Å². The molecule has 0 bridgehead atoms. The summed E-state index contributed by atoms with van der Waals surface area (Å²) in [5.41, 5.74) is 15.1. The molecule has 41 heavy (non-hydrogen) atoms. The number of anilines is 2. The molecule has 13 heteroatoms. The minimum atomic E-state index is -0.492. The van der Waals surface area contributed by atoms with Gasteiger partial charge in [0.05, 0.1) is 27.0 Å². The highest BCUT2D eigenvalue weighted by molar-refractivity contribution is 9.11. The lowest BCUT2D eigenvalue weighted by atomic mass is 9.87. The van der Waals surface area contributed by atoms with Crippen molar-refractivity contribution < 1.29 is 9.53 Å². The van der Waals surface area contributed by atoms with E-state index in [0.717, 1.165) is 38.8 Å². The van der Waals surface area contributed by atoms with Crippen molar-refractivity contribution in [1.29, 1.82) is 0 Å². The number of nitrogens with two attached hydrogens (primary N) is 2. The zero-order valence-corrected chi connectivity index (χ0v) is 26.9. The maximum atomic E-state index is 12.3. The molecule has 0 aromatic carbocycles. The van der Waals surface area contributed by atoms with Crippen molar-refractivity contribution in [2.75, 3.05) is 24.6 Å². The van der Waals surface area contributed by atoms with Crippen LogP contribution in [0, 0.1) is 0 Å².